The van der Waals surface area contributed by atoms with Gasteiger partial charge in [-0.1, -0.05) is 30.4 Å². The summed E-state index contributed by atoms with van der Waals surface area (Å²) in [7, 11) is 0. The van der Waals surface area contributed by atoms with Crippen molar-refractivity contribution in [3.8, 4) is 11.5 Å². The van der Waals surface area contributed by atoms with Gasteiger partial charge in [-0.05, 0) is 19.1 Å². The second-order valence-electron chi connectivity index (χ2n) is 4.89. The lowest BCUT2D eigenvalue weighted by molar-refractivity contribution is -0.145. The molecular weight excluding hydrogens is 328 g/mol. The molecular formula is C17H18N2O6. The summed E-state index contributed by atoms with van der Waals surface area (Å²) in [6.45, 7) is 1.29. The lowest BCUT2D eigenvalue weighted by atomic mass is 10.2. The number of ether oxygens (including phenoxy) is 3. The molecule has 0 bridgehead atoms. The van der Waals surface area contributed by atoms with E-state index in [1.54, 1.807) is 43.3 Å². The first-order valence-electron chi connectivity index (χ1n) is 7.53. The van der Waals surface area contributed by atoms with Gasteiger partial charge >= 0.3 is 5.97 Å². The number of amides is 2. The molecule has 8 heteroatoms. The highest BCUT2D eigenvalue weighted by molar-refractivity contribution is 5.88. The lowest BCUT2D eigenvalue weighted by Crippen LogP contribution is -2.51. The van der Waals surface area contributed by atoms with Crippen molar-refractivity contribution >= 4 is 17.8 Å². The highest BCUT2D eigenvalue weighted by Crippen LogP contribution is 2.30. The molecule has 1 heterocycles. The molecule has 0 radical (unpaired) electrons. The van der Waals surface area contributed by atoms with E-state index in [2.05, 4.69) is 10.9 Å². The fraction of sp³-hybridized carbons (Fsp3) is 0.235. The van der Waals surface area contributed by atoms with Crippen molar-refractivity contribution < 1.29 is 28.6 Å². The van der Waals surface area contributed by atoms with Gasteiger partial charge < -0.3 is 14.2 Å². The number of esters is 1. The van der Waals surface area contributed by atoms with Gasteiger partial charge in [0, 0.05) is 6.08 Å². The number of rotatable bonds is 5. The molecule has 1 aliphatic rings. The SMILES string of the molecule is C/C=C/C=C/C(=O)OCC(=O)NNC(=O)[C@@H]1COc2ccccc2O1. The monoisotopic (exact) mass is 346 g/mol. The number of allylic oxidation sites excluding steroid dienone is 3. The van der Waals surface area contributed by atoms with Gasteiger partial charge in [0.25, 0.3) is 11.8 Å². The standard InChI is InChI=1S/C17H18N2O6/c1-2-3-4-9-16(21)24-11-15(20)18-19-17(22)14-10-23-12-7-5-6-8-13(12)25-14/h2-9,14H,10-11H2,1H3,(H,18,20)(H,19,22)/b3-2+,9-4+/t14-/m0/s1. The van der Waals surface area contributed by atoms with Gasteiger partial charge in [0.1, 0.15) is 6.61 Å². The maximum Gasteiger partial charge on any atom is 0.331 e. The second-order valence-corrected chi connectivity index (χ2v) is 4.89. The van der Waals surface area contributed by atoms with Gasteiger partial charge in [0.2, 0.25) is 6.10 Å². The molecule has 2 N–H and O–H groups in total. The molecule has 0 aliphatic carbocycles. The lowest BCUT2D eigenvalue weighted by Gasteiger charge is -2.25. The summed E-state index contributed by atoms with van der Waals surface area (Å²) < 4.78 is 15.6. The number of nitrogens with one attached hydrogen (secondary N) is 2. The number of para-hydroxylation sites is 2. The molecule has 8 nitrogen and oxygen atoms in total. The molecule has 25 heavy (non-hydrogen) atoms. The van der Waals surface area contributed by atoms with Gasteiger partial charge in [0.05, 0.1) is 0 Å². The maximum absolute atomic E-state index is 12.0. The molecule has 1 aliphatic heterocycles. The second kappa shape index (κ2) is 9.11. The van der Waals surface area contributed by atoms with Crippen molar-refractivity contribution in [2.75, 3.05) is 13.2 Å². The van der Waals surface area contributed by atoms with E-state index in [0.29, 0.717) is 11.5 Å². The molecule has 132 valence electrons. The van der Waals surface area contributed by atoms with E-state index in [0.717, 1.165) is 0 Å². The number of hydrazine groups is 1. The predicted octanol–water partition coefficient (Wildman–Crippen LogP) is 0.649. The molecule has 2 rings (SSSR count). The predicted molar refractivity (Wildman–Crippen MR) is 87.6 cm³/mol. The summed E-state index contributed by atoms with van der Waals surface area (Å²) >= 11 is 0. The number of hydrogen-bond donors (Lipinski definition) is 2. The highest BCUT2D eigenvalue weighted by Gasteiger charge is 2.27. The summed E-state index contributed by atoms with van der Waals surface area (Å²) in [5, 5.41) is 0. The van der Waals surface area contributed by atoms with Gasteiger partial charge in [-0.3, -0.25) is 20.4 Å². The zero-order valence-electron chi connectivity index (χ0n) is 13.6. The number of carbonyl (C=O) groups is 3. The highest BCUT2D eigenvalue weighted by atomic mass is 16.6. The van der Waals surface area contributed by atoms with Crippen LogP contribution in [0.5, 0.6) is 11.5 Å². The largest absolute Gasteiger partial charge is 0.485 e. The Morgan fingerprint density at radius 1 is 1.20 bits per heavy atom. The third-order valence-corrected chi connectivity index (χ3v) is 3.01. The molecule has 1 aromatic carbocycles. The Labute approximate surface area is 144 Å². The van der Waals surface area contributed by atoms with Crippen molar-refractivity contribution in [2.45, 2.75) is 13.0 Å². The Morgan fingerprint density at radius 3 is 2.72 bits per heavy atom. The topological polar surface area (TPSA) is 103 Å². The van der Waals surface area contributed by atoms with E-state index < -0.39 is 30.5 Å². The summed E-state index contributed by atoms with van der Waals surface area (Å²) in [6, 6.07) is 6.94. The van der Waals surface area contributed by atoms with Crippen LogP contribution in [-0.2, 0) is 19.1 Å². The zero-order chi connectivity index (χ0) is 18.1. The summed E-state index contributed by atoms with van der Waals surface area (Å²) in [6.07, 6.45) is 5.14. The minimum absolute atomic E-state index is 0.0173. The van der Waals surface area contributed by atoms with Crippen LogP contribution in [0.15, 0.2) is 48.6 Å². The van der Waals surface area contributed by atoms with Crippen molar-refractivity contribution in [2.24, 2.45) is 0 Å². The average Bonchev–Trinajstić information content (AvgIpc) is 2.64. The molecule has 0 saturated heterocycles. The first-order chi connectivity index (χ1) is 12.1. The molecule has 0 spiro atoms. The molecule has 0 fully saturated rings. The van der Waals surface area contributed by atoms with E-state index in [1.165, 1.54) is 12.2 Å². The third-order valence-electron chi connectivity index (χ3n) is 3.01. The Morgan fingerprint density at radius 2 is 1.96 bits per heavy atom. The van der Waals surface area contributed by atoms with E-state index >= 15 is 0 Å². The summed E-state index contributed by atoms with van der Waals surface area (Å²) in [4.78, 5) is 34.8. The van der Waals surface area contributed by atoms with Crippen LogP contribution < -0.4 is 20.3 Å². The molecule has 2 amide bonds. The van der Waals surface area contributed by atoms with Gasteiger partial charge in [-0.15, -0.1) is 0 Å². The number of benzene rings is 1. The minimum Gasteiger partial charge on any atom is -0.485 e. The van der Waals surface area contributed by atoms with E-state index in [-0.39, 0.29) is 6.61 Å². The molecule has 0 aromatic heterocycles. The summed E-state index contributed by atoms with van der Waals surface area (Å²) in [5.74, 6) is -0.934. The number of hydrogen-bond acceptors (Lipinski definition) is 6. The minimum atomic E-state index is -0.901. The van der Waals surface area contributed by atoms with Crippen LogP contribution in [-0.4, -0.2) is 37.1 Å². The Bertz CT molecular complexity index is 698. The van der Waals surface area contributed by atoms with E-state index in [1.807, 2.05) is 0 Å². The maximum atomic E-state index is 12.0. The third kappa shape index (κ3) is 5.69. The van der Waals surface area contributed by atoms with Crippen LogP contribution in [0.2, 0.25) is 0 Å². The van der Waals surface area contributed by atoms with E-state index in [9.17, 15) is 14.4 Å². The van der Waals surface area contributed by atoms with Gasteiger partial charge in [-0.2, -0.15) is 0 Å². The first-order valence-corrected chi connectivity index (χ1v) is 7.53. The van der Waals surface area contributed by atoms with Crippen molar-refractivity contribution in [1.29, 1.82) is 0 Å². The van der Waals surface area contributed by atoms with Crippen molar-refractivity contribution in [3.05, 3.63) is 48.6 Å². The average molecular weight is 346 g/mol. The van der Waals surface area contributed by atoms with Crippen molar-refractivity contribution in [3.63, 3.8) is 0 Å². The van der Waals surface area contributed by atoms with Crippen LogP contribution in [0.1, 0.15) is 6.92 Å². The van der Waals surface area contributed by atoms with Crippen LogP contribution in [0.3, 0.4) is 0 Å². The van der Waals surface area contributed by atoms with Gasteiger partial charge in [-0.25, -0.2) is 4.79 Å². The Hall–Kier alpha value is -3.29. The molecule has 1 atom stereocenters. The fourth-order valence-electron chi connectivity index (χ4n) is 1.83. The van der Waals surface area contributed by atoms with Crippen molar-refractivity contribution in [1.82, 2.24) is 10.9 Å². The molecule has 1 aromatic rings. The molecule has 0 unspecified atom stereocenters. The number of carbonyl (C=O) groups excluding carboxylic acids is 3. The van der Waals surface area contributed by atoms with Crippen LogP contribution in [0.4, 0.5) is 0 Å². The zero-order valence-corrected chi connectivity index (χ0v) is 13.6. The van der Waals surface area contributed by atoms with E-state index in [4.69, 9.17) is 14.2 Å². The van der Waals surface area contributed by atoms with Crippen LogP contribution in [0, 0.1) is 0 Å². The normalized spacial score (nSPS) is 15.8. The first kappa shape index (κ1) is 18.1. The Kier molecular flexibility index (Phi) is 6.58. The molecule has 0 saturated carbocycles. The summed E-state index contributed by atoms with van der Waals surface area (Å²) in [5.41, 5.74) is 4.33. The Balaban J connectivity index is 1.71. The fourth-order valence-corrected chi connectivity index (χ4v) is 1.83. The van der Waals surface area contributed by atoms with Crippen LogP contribution >= 0.6 is 0 Å². The smallest absolute Gasteiger partial charge is 0.331 e. The number of fused-ring (bicyclic) bond motifs is 1. The van der Waals surface area contributed by atoms with Crippen LogP contribution in [0.25, 0.3) is 0 Å². The van der Waals surface area contributed by atoms with Gasteiger partial charge in [0.15, 0.2) is 18.1 Å². The quantitative estimate of drug-likeness (QED) is 0.351.